The van der Waals surface area contributed by atoms with Crippen molar-refractivity contribution in [1.29, 1.82) is 0 Å². The van der Waals surface area contributed by atoms with Gasteiger partial charge in [0.15, 0.2) is 0 Å². The van der Waals surface area contributed by atoms with Crippen LogP contribution in [0, 0.1) is 0 Å². The van der Waals surface area contributed by atoms with Gasteiger partial charge in [0, 0.05) is 31.1 Å². The fourth-order valence-corrected chi connectivity index (χ4v) is 4.16. The number of hydrogen-bond acceptors (Lipinski definition) is 7. The molecule has 1 N–H and O–H groups in total. The maximum Gasteiger partial charge on any atom is 0.573 e. The SMILES string of the molecule is O=C(Nc1cccc2cnn(-c3cccc(OC(F)(F)F)c3)c(=O)c12)c1cccc(CN2CCOCC2)n1. The average Bonchev–Trinajstić information content (AvgIpc) is 2.89. The highest BCUT2D eigenvalue weighted by Crippen LogP contribution is 2.25. The van der Waals surface area contributed by atoms with Crippen molar-refractivity contribution in [3.63, 3.8) is 0 Å². The first-order valence-electron chi connectivity index (χ1n) is 11.7. The molecular formula is C26H22F3N5O4. The number of alkyl halides is 3. The summed E-state index contributed by atoms with van der Waals surface area (Å²) in [5.41, 5.74) is 0.565. The van der Waals surface area contributed by atoms with Crippen molar-refractivity contribution in [3.05, 3.63) is 88.6 Å². The Bertz CT molecular complexity index is 1530. The van der Waals surface area contributed by atoms with Crippen LogP contribution in [0.3, 0.4) is 0 Å². The number of benzene rings is 2. The highest BCUT2D eigenvalue weighted by Gasteiger charge is 2.31. The number of carbonyl (C=O) groups is 1. The van der Waals surface area contributed by atoms with Crippen molar-refractivity contribution in [3.8, 4) is 11.4 Å². The third kappa shape index (κ3) is 5.82. The molecule has 0 saturated carbocycles. The van der Waals surface area contributed by atoms with Crippen molar-refractivity contribution in [1.82, 2.24) is 19.7 Å². The lowest BCUT2D eigenvalue weighted by Gasteiger charge is -2.26. The Morgan fingerprint density at radius 1 is 1.05 bits per heavy atom. The molecule has 0 spiro atoms. The molecule has 12 heteroatoms. The summed E-state index contributed by atoms with van der Waals surface area (Å²) in [4.78, 5) is 33.1. The summed E-state index contributed by atoms with van der Waals surface area (Å²) in [6, 6.07) is 14.9. The number of carbonyl (C=O) groups excluding carboxylic acids is 1. The summed E-state index contributed by atoms with van der Waals surface area (Å²) in [5.74, 6) is -1.00. The minimum absolute atomic E-state index is 0.0669. The first-order valence-corrected chi connectivity index (χ1v) is 11.7. The molecule has 1 aliphatic rings. The highest BCUT2D eigenvalue weighted by molar-refractivity contribution is 6.08. The van der Waals surface area contributed by atoms with Crippen LogP contribution in [-0.2, 0) is 11.3 Å². The number of morpholine rings is 1. The maximum absolute atomic E-state index is 13.4. The van der Waals surface area contributed by atoms with E-state index >= 15 is 0 Å². The van der Waals surface area contributed by atoms with E-state index in [1.54, 1.807) is 30.3 Å². The van der Waals surface area contributed by atoms with E-state index in [-0.39, 0.29) is 22.5 Å². The van der Waals surface area contributed by atoms with Crippen LogP contribution in [0.25, 0.3) is 16.5 Å². The summed E-state index contributed by atoms with van der Waals surface area (Å²) < 4.78 is 48.2. The zero-order valence-corrected chi connectivity index (χ0v) is 19.9. The Kier molecular flexibility index (Phi) is 7.07. The van der Waals surface area contributed by atoms with E-state index in [1.807, 2.05) is 6.07 Å². The van der Waals surface area contributed by atoms with Crippen LogP contribution < -0.4 is 15.6 Å². The number of nitrogens with one attached hydrogen (secondary N) is 1. The van der Waals surface area contributed by atoms with Gasteiger partial charge in [-0.05, 0) is 30.3 Å². The number of ether oxygens (including phenoxy) is 2. The molecule has 2 aromatic carbocycles. The van der Waals surface area contributed by atoms with Gasteiger partial charge in [-0.1, -0.05) is 24.3 Å². The van der Waals surface area contributed by atoms with E-state index in [9.17, 15) is 22.8 Å². The van der Waals surface area contributed by atoms with Crippen LogP contribution in [0.2, 0.25) is 0 Å². The van der Waals surface area contributed by atoms with Crippen molar-refractivity contribution in [2.75, 3.05) is 31.6 Å². The van der Waals surface area contributed by atoms with E-state index in [1.165, 1.54) is 18.3 Å². The monoisotopic (exact) mass is 525 g/mol. The Morgan fingerprint density at radius 2 is 1.82 bits per heavy atom. The molecule has 5 rings (SSSR count). The minimum atomic E-state index is -4.88. The first-order chi connectivity index (χ1) is 18.3. The lowest BCUT2D eigenvalue weighted by Crippen LogP contribution is -2.36. The third-order valence-electron chi connectivity index (χ3n) is 5.89. The summed E-state index contributed by atoms with van der Waals surface area (Å²) >= 11 is 0. The second-order valence-electron chi connectivity index (χ2n) is 8.53. The molecule has 1 fully saturated rings. The second kappa shape index (κ2) is 10.6. The van der Waals surface area contributed by atoms with E-state index in [4.69, 9.17) is 4.74 Å². The Hall–Kier alpha value is -4.29. The molecule has 0 bridgehead atoms. The molecular weight excluding hydrogens is 503 g/mol. The predicted octanol–water partition coefficient (Wildman–Crippen LogP) is 3.76. The Morgan fingerprint density at radius 3 is 2.61 bits per heavy atom. The van der Waals surface area contributed by atoms with Crippen molar-refractivity contribution in [2.45, 2.75) is 12.9 Å². The molecule has 1 saturated heterocycles. The first kappa shape index (κ1) is 25.4. The quantitative estimate of drug-likeness (QED) is 0.409. The number of pyridine rings is 1. The molecule has 38 heavy (non-hydrogen) atoms. The minimum Gasteiger partial charge on any atom is -0.406 e. The van der Waals surface area contributed by atoms with Gasteiger partial charge in [-0.3, -0.25) is 14.5 Å². The fraction of sp³-hybridized carbons (Fsp3) is 0.231. The molecule has 9 nitrogen and oxygen atoms in total. The van der Waals surface area contributed by atoms with Crippen LogP contribution in [0.15, 0.2) is 71.7 Å². The summed E-state index contributed by atoms with van der Waals surface area (Å²) in [7, 11) is 0. The largest absolute Gasteiger partial charge is 0.573 e. The second-order valence-corrected chi connectivity index (χ2v) is 8.53. The van der Waals surface area contributed by atoms with Crippen LogP contribution in [0.1, 0.15) is 16.2 Å². The van der Waals surface area contributed by atoms with Crippen LogP contribution in [-0.4, -0.2) is 58.2 Å². The van der Waals surface area contributed by atoms with E-state index < -0.39 is 23.6 Å². The zero-order valence-electron chi connectivity index (χ0n) is 19.9. The van der Waals surface area contributed by atoms with E-state index in [2.05, 4.69) is 25.0 Å². The number of anilines is 1. The summed E-state index contributed by atoms with van der Waals surface area (Å²) in [6.07, 6.45) is -3.49. The van der Waals surface area contributed by atoms with Gasteiger partial charge in [0.05, 0.1) is 41.9 Å². The maximum atomic E-state index is 13.4. The zero-order chi connectivity index (χ0) is 26.7. The molecule has 1 aliphatic heterocycles. The number of rotatable bonds is 6. The fourth-order valence-electron chi connectivity index (χ4n) is 4.16. The van der Waals surface area contributed by atoms with Crippen molar-refractivity contribution >= 4 is 22.4 Å². The summed E-state index contributed by atoms with van der Waals surface area (Å²) in [6.45, 7) is 3.42. The van der Waals surface area contributed by atoms with Crippen LogP contribution in [0.4, 0.5) is 18.9 Å². The van der Waals surface area contributed by atoms with Gasteiger partial charge in [0.25, 0.3) is 11.5 Å². The van der Waals surface area contributed by atoms with E-state index in [0.717, 1.165) is 35.6 Å². The number of aromatic nitrogens is 3. The number of halogens is 3. The van der Waals surface area contributed by atoms with Crippen LogP contribution >= 0.6 is 0 Å². The molecule has 0 aliphatic carbocycles. The van der Waals surface area contributed by atoms with Gasteiger partial charge in [0.1, 0.15) is 11.4 Å². The van der Waals surface area contributed by atoms with Gasteiger partial charge < -0.3 is 14.8 Å². The molecule has 2 aromatic heterocycles. The number of amides is 1. The smallest absolute Gasteiger partial charge is 0.406 e. The standard InChI is InChI=1S/C26H22F3N5O4/c27-26(28,29)38-20-7-3-6-19(14-20)34-25(36)23-17(15-30-34)4-1-8-21(23)32-24(35)22-9-2-5-18(31-22)16-33-10-12-37-13-11-33/h1-9,14-15H,10-13,16H2,(H,32,35). The molecule has 196 valence electrons. The molecule has 1 amide bonds. The molecule has 4 aromatic rings. The summed E-state index contributed by atoms with van der Waals surface area (Å²) in [5, 5.41) is 7.42. The Balaban J connectivity index is 1.43. The highest BCUT2D eigenvalue weighted by atomic mass is 19.4. The van der Waals surface area contributed by atoms with Gasteiger partial charge in [0.2, 0.25) is 0 Å². The van der Waals surface area contributed by atoms with E-state index in [0.29, 0.717) is 25.1 Å². The van der Waals surface area contributed by atoms with Gasteiger partial charge in [-0.15, -0.1) is 13.2 Å². The number of nitrogens with zero attached hydrogens (tertiary/aromatic N) is 4. The topological polar surface area (TPSA) is 98.6 Å². The van der Waals surface area contributed by atoms with Crippen molar-refractivity contribution < 1.29 is 27.4 Å². The molecule has 0 radical (unpaired) electrons. The average molecular weight is 525 g/mol. The lowest BCUT2D eigenvalue weighted by atomic mass is 10.1. The molecule has 3 heterocycles. The van der Waals surface area contributed by atoms with Gasteiger partial charge in [-0.25, -0.2) is 4.98 Å². The predicted molar refractivity (Wildman–Crippen MR) is 132 cm³/mol. The van der Waals surface area contributed by atoms with Crippen LogP contribution in [0.5, 0.6) is 5.75 Å². The number of fused-ring (bicyclic) bond motifs is 1. The Labute approximate surface area is 214 Å². The normalized spacial score (nSPS) is 14.4. The lowest BCUT2D eigenvalue weighted by molar-refractivity contribution is -0.274. The molecule has 0 unspecified atom stereocenters. The van der Waals surface area contributed by atoms with Gasteiger partial charge >= 0.3 is 6.36 Å². The number of hydrogen-bond donors (Lipinski definition) is 1. The van der Waals surface area contributed by atoms with Crippen molar-refractivity contribution in [2.24, 2.45) is 0 Å². The third-order valence-corrected chi connectivity index (χ3v) is 5.89. The van der Waals surface area contributed by atoms with Gasteiger partial charge in [-0.2, -0.15) is 9.78 Å². The molecule has 0 atom stereocenters.